The van der Waals surface area contributed by atoms with Gasteiger partial charge in [0.25, 0.3) is 0 Å². The number of rotatable bonds is 6. The Morgan fingerprint density at radius 2 is 0.800 bits per heavy atom. The molecule has 14 nitrogen and oxygen atoms in total. The topological polar surface area (TPSA) is 241 Å². The predicted octanol–water partition coefficient (Wildman–Crippen LogP) is -4.79. The van der Waals surface area contributed by atoms with Gasteiger partial charge in [0.1, 0.15) is 30.5 Å². The molecule has 150 valence electrons. The van der Waals surface area contributed by atoms with E-state index in [0.717, 1.165) is 0 Å². The molecule has 1 aliphatic rings. The Bertz CT molecular complexity index is 601. The van der Waals surface area contributed by atoms with Crippen molar-refractivity contribution in [1.82, 2.24) is 0 Å². The van der Waals surface area contributed by atoms with Crippen LogP contribution in [0.25, 0.3) is 0 Å². The normalized spacial score (nSPS) is 28.7. The number of phosphoric acid groups is 3. The van der Waals surface area contributed by atoms with Crippen molar-refractivity contribution < 1.29 is 71.2 Å². The van der Waals surface area contributed by atoms with E-state index in [2.05, 4.69) is 13.6 Å². The summed E-state index contributed by atoms with van der Waals surface area (Å²) in [6, 6.07) is 0. The van der Waals surface area contributed by atoms with E-state index < -0.39 is 60.2 Å². The molecule has 0 heterocycles. The van der Waals surface area contributed by atoms with Crippen molar-refractivity contribution in [3.05, 3.63) is 0 Å². The molecule has 0 bridgehead atoms. The van der Waals surface area contributed by atoms with Gasteiger partial charge in [-0.3, -0.25) is 13.6 Å². The molecule has 0 aromatic heterocycles. The smallest absolute Gasteiger partial charge is 0.387 e. The van der Waals surface area contributed by atoms with Gasteiger partial charge in [-0.25, -0.2) is 18.1 Å². The molecule has 1 saturated carbocycles. The number of hydrogen-bond donors (Lipinski definition) is 8. The molecular weight excluding hydrogens is 546 g/mol. The molecule has 0 aromatic rings. The summed E-state index contributed by atoms with van der Waals surface area (Å²) >= 11 is 0. The number of aliphatic hydroxyl groups is 2. The SMILES string of the molecule is O=P(O)(O)O[C@@H]1[C@H](O)[C@@H](F)[C@@H](OP(=O)(O)O)[C@H](OP(=O)(O)O)[C@H]1O.[Na].[Na].[Na].[Na].[Na].[Na]. The minimum atomic E-state index is -5.49. The van der Waals surface area contributed by atoms with E-state index in [1.54, 1.807) is 0 Å². The summed E-state index contributed by atoms with van der Waals surface area (Å²) in [4.78, 5) is 52.1. The molecule has 0 aromatic carbocycles. The number of phosphoric ester groups is 3. The van der Waals surface area contributed by atoms with E-state index in [0.29, 0.717) is 0 Å². The first kappa shape index (κ1) is 49.2. The van der Waals surface area contributed by atoms with Crippen molar-refractivity contribution in [2.45, 2.75) is 36.7 Å². The van der Waals surface area contributed by atoms with E-state index in [9.17, 15) is 28.3 Å². The standard InChI is InChI=1S/C6H14FO14P3.6Na/c7-1-2(8)5(20-23(13,14)15)3(9)6(21-24(16,17)18)4(1)19-22(10,11)12;;;;;;/h1-6,8-9H,(H2,10,11,12)(H2,13,14,15)(H2,16,17,18);;;;;;/t1-,2-,3+,4-,5-,6-;;;;;;/m1....../s1. The van der Waals surface area contributed by atoms with Crippen molar-refractivity contribution in [2.24, 2.45) is 0 Å². The van der Waals surface area contributed by atoms with Crippen LogP contribution in [0.3, 0.4) is 0 Å². The van der Waals surface area contributed by atoms with Crippen molar-refractivity contribution in [2.75, 3.05) is 0 Å². The van der Waals surface area contributed by atoms with Gasteiger partial charge >= 0.3 is 23.5 Å². The number of aliphatic hydroxyl groups excluding tert-OH is 2. The Balaban J connectivity index is -0.000000240. The van der Waals surface area contributed by atoms with Crippen LogP contribution in [0.15, 0.2) is 0 Å². The molecule has 0 saturated heterocycles. The number of alkyl halides is 1. The first-order chi connectivity index (χ1) is 10.5. The maximum Gasteiger partial charge on any atom is 0.470 e. The van der Waals surface area contributed by atoms with Crippen LogP contribution in [0.2, 0.25) is 0 Å². The molecule has 30 heavy (non-hydrogen) atoms. The van der Waals surface area contributed by atoms with Crippen molar-refractivity contribution >= 4 is 201 Å². The average Bonchev–Trinajstić information content (AvgIpc) is 2.32. The second kappa shape index (κ2) is 20.1. The van der Waals surface area contributed by atoms with Crippen LogP contribution >= 0.6 is 23.5 Å². The molecule has 6 atom stereocenters. The van der Waals surface area contributed by atoms with Gasteiger partial charge in [-0.1, -0.05) is 0 Å². The molecule has 1 rings (SSSR count). The van der Waals surface area contributed by atoms with Gasteiger partial charge < -0.3 is 39.6 Å². The number of halogens is 1. The Kier molecular flexibility index (Phi) is 33.0. The van der Waals surface area contributed by atoms with Crippen LogP contribution in [0.4, 0.5) is 4.39 Å². The molecule has 8 N–H and O–H groups in total. The van der Waals surface area contributed by atoms with Crippen LogP contribution in [-0.2, 0) is 27.3 Å². The molecule has 1 aliphatic carbocycles. The fourth-order valence-electron chi connectivity index (χ4n) is 1.98. The minimum Gasteiger partial charge on any atom is -0.387 e. The summed E-state index contributed by atoms with van der Waals surface area (Å²) in [5.41, 5.74) is 0. The maximum absolute atomic E-state index is 14.1. The van der Waals surface area contributed by atoms with Crippen LogP contribution < -0.4 is 0 Å². The first-order valence-electron chi connectivity index (χ1n) is 5.74. The summed E-state index contributed by atoms with van der Waals surface area (Å²) in [6.45, 7) is 0. The first-order valence-corrected chi connectivity index (χ1v) is 10.3. The van der Waals surface area contributed by atoms with Crippen molar-refractivity contribution in [3.8, 4) is 0 Å². The second-order valence-corrected chi connectivity index (χ2v) is 8.18. The molecule has 24 heteroatoms. The van der Waals surface area contributed by atoms with Crippen molar-refractivity contribution in [1.29, 1.82) is 0 Å². The average molecular weight is 560 g/mol. The van der Waals surface area contributed by atoms with Crippen molar-refractivity contribution in [3.63, 3.8) is 0 Å². The summed E-state index contributed by atoms with van der Waals surface area (Å²) in [5.74, 6) is 0. The Morgan fingerprint density at radius 3 is 1.10 bits per heavy atom. The molecule has 6 radical (unpaired) electrons. The summed E-state index contributed by atoms with van der Waals surface area (Å²) in [6.07, 6.45) is -15.6. The van der Waals surface area contributed by atoms with Gasteiger partial charge in [-0.05, 0) is 0 Å². The molecule has 0 amide bonds. The zero-order chi connectivity index (χ0) is 19.1. The largest absolute Gasteiger partial charge is 0.470 e. The van der Waals surface area contributed by atoms with Gasteiger partial charge in [0.15, 0.2) is 6.17 Å². The van der Waals surface area contributed by atoms with Crippen LogP contribution in [0.5, 0.6) is 0 Å². The zero-order valence-electron chi connectivity index (χ0n) is 17.2. The van der Waals surface area contributed by atoms with Crippen LogP contribution in [0, 0.1) is 0 Å². The van der Waals surface area contributed by atoms with Crippen LogP contribution in [0.1, 0.15) is 0 Å². The fourth-order valence-corrected chi connectivity index (χ4v) is 3.66. The Hall–Kier alpha value is 6.18. The van der Waals surface area contributed by atoms with Crippen LogP contribution in [-0.4, -0.2) is 254 Å². The minimum absolute atomic E-state index is 0. The molecule has 0 aliphatic heterocycles. The van der Waals surface area contributed by atoms with Gasteiger partial charge in [0.05, 0.1) is 0 Å². The fraction of sp³-hybridized carbons (Fsp3) is 1.00. The van der Waals surface area contributed by atoms with E-state index >= 15 is 0 Å². The van der Waals surface area contributed by atoms with Gasteiger partial charge in [0, 0.05) is 177 Å². The van der Waals surface area contributed by atoms with E-state index in [-0.39, 0.29) is 177 Å². The Morgan fingerprint density at radius 1 is 0.533 bits per heavy atom. The monoisotopic (exact) mass is 560 g/mol. The van der Waals surface area contributed by atoms with E-state index in [1.807, 2.05) is 0 Å². The quantitative estimate of drug-likeness (QED) is 0.112. The third kappa shape index (κ3) is 18.4. The molecular formula is C6H14FNa6O14P3. The van der Waals surface area contributed by atoms with Gasteiger partial charge in [-0.15, -0.1) is 0 Å². The molecule has 0 spiro atoms. The third-order valence-corrected chi connectivity index (χ3v) is 4.30. The third-order valence-electron chi connectivity index (χ3n) is 2.75. The maximum atomic E-state index is 14.1. The van der Waals surface area contributed by atoms with E-state index in [4.69, 9.17) is 29.4 Å². The number of hydrogen-bond acceptors (Lipinski definition) is 8. The van der Waals surface area contributed by atoms with E-state index in [1.165, 1.54) is 0 Å². The van der Waals surface area contributed by atoms with Gasteiger partial charge in [0.2, 0.25) is 0 Å². The summed E-state index contributed by atoms with van der Waals surface area (Å²) in [7, 11) is -16.4. The summed E-state index contributed by atoms with van der Waals surface area (Å²) in [5, 5.41) is 19.4. The zero-order valence-corrected chi connectivity index (χ0v) is 31.9. The predicted molar refractivity (Wildman–Crippen MR) is 102 cm³/mol. The Labute approximate surface area is 303 Å². The molecule has 1 fully saturated rings. The van der Waals surface area contributed by atoms with Gasteiger partial charge in [-0.2, -0.15) is 0 Å². The molecule has 0 unspecified atom stereocenters. The summed E-state index contributed by atoms with van der Waals surface area (Å²) < 4.78 is 58.4. The second-order valence-electron chi connectivity index (χ2n) is 4.61.